The zero-order valence-corrected chi connectivity index (χ0v) is 12.7. The maximum atomic E-state index is 7.53. The minimum absolute atomic E-state index is 0.0355. The number of nitrogens with one attached hydrogen (secondary N) is 3. The molecule has 4 rings (SSSR count). The van der Waals surface area contributed by atoms with E-state index >= 15 is 0 Å². The summed E-state index contributed by atoms with van der Waals surface area (Å²) >= 11 is 1.66. The monoisotopic (exact) mass is 312 g/mol. The summed E-state index contributed by atoms with van der Waals surface area (Å²) in [5.74, 6) is 0.503. The van der Waals surface area contributed by atoms with Crippen molar-refractivity contribution >= 4 is 39.3 Å². The maximum Gasteiger partial charge on any atom is 0.126 e. The first kappa shape index (κ1) is 13.3. The highest BCUT2D eigenvalue weighted by Crippen LogP contribution is 2.44. The Kier molecular flexibility index (Phi) is 2.90. The second-order valence-electron chi connectivity index (χ2n) is 5.75. The van der Waals surface area contributed by atoms with Crippen molar-refractivity contribution in [2.45, 2.75) is 12.8 Å². The van der Waals surface area contributed by atoms with E-state index < -0.39 is 0 Å². The summed E-state index contributed by atoms with van der Waals surface area (Å²) in [5.41, 5.74) is 8.82. The number of nitrogens with zero attached hydrogens (tertiary/aromatic N) is 2. The van der Waals surface area contributed by atoms with Crippen molar-refractivity contribution in [2.75, 3.05) is 17.6 Å². The smallest absolute Gasteiger partial charge is 0.126 e. The SMILES string of the molecule is N=CC1(CNc2cc(N)nc3cc(-c4ccn[nH]4)sc23)CC1. The third-order valence-electron chi connectivity index (χ3n) is 4.09. The molecule has 22 heavy (non-hydrogen) atoms. The van der Waals surface area contributed by atoms with E-state index in [0.29, 0.717) is 5.82 Å². The predicted octanol–water partition coefficient (Wildman–Crippen LogP) is 3.11. The fourth-order valence-corrected chi connectivity index (χ4v) is 3.57. The second-order valence-corrected chi connectivity index (χ2v) is 6.80. The van der Waals surface area contributed by atoms with Crippen molar-refractivity contribution in [1.29, 1.82) is 5.41 Å². The Morgan fingerprint density at radius 3 is 3.00 bits per heavy atom. The molecule has 1 saturated carbocycles. The first-order valence-corrected chi connectivity index (χ1v) is 7.96. The van der Waals surface area contributed by atoms with Crippen LogP contribution in [-0.2, 0) is 0 Å². The highest BCUT2D eigenvalue weighted by molar-refractivity contribution is 7.22. The average molecular weight is 312 g/mol. The summed E-state index contributed by atoms with van der Waals surface area (Å²) in [6.07, 6.45) is 5.46. The van der Waals surface area contributed by atoms with Gasteiger partial charge in [-0.05, 0) is 25.0 Å². The molecule has 5 N–H and O–H groups in total. The molecule has 7 heteroatoms. The van der Waals surface area contributed by atoms with Crippen LogP contribution in [0.2, 0.25) is 0 Å². The molecule has 112 valence electrons. The van der Waals surface area contributed by atoms with Gasteiger partial charge in [0.05, 0.1) is 26.5 Å². The first-order valence-electron chi connectivity index (χ1n) is 7.14. The van der Waals surface area contributed by atoms with Crippen molar-refractivity contribution < 1.29 is 0 Å². The number of anilines is 2. The zero-order valence-electron chi connectivity index (χ0n) is 11.9. The summed E-state index contributed by atoms with van der Waals surface area (Å²) in [6, 6.07) is 5.84. The van der Waals surface area contributed by atoms with Crippen molar-refractivity contribution in [1.82, 2.24) is 15.2 Å². The van der Waals surface area contributed by atoms with Crippen LogP contribution in [0.4, 0.5) is 11.5 Å². The van der Waals surface area contributed by atoms with Crippen LogP contribution in [-0.4, -0.2) is 27.9 Å². The van der Waals surface area contributed by atoms with Gasteiger partial charge >= 0.3 is 0 Å². The Balaban J connectivity index is 1.72. The molecule has 6 nitrogen and oxygen atoms in total. The quantitative estimate of drug-likeness (QED) is 0.543. The zero-order chi connectivity index (χ0) is 15.2. The largest absolute Gasteiger partial charge is 0.384 e. The summed E-state index contributed by atoms with van der Waals surface area (Å²) < 4.78 is 1.08. The number of rotatable bonds is 5. The number of thiophene rings is 1. The van der Waals surface area contributed by atoms with Crippen LogP contribution in [0.25, 0.3) is 20.8 Å². The number of hydrogen-bond acceptors (Lipinski definition) is 6. The molecule has 1 fully saturated rings. The van der Waals surface area contributed by atoms with Crippen LogP contribution in [0.15, 0.2) is 24.4 Å². The van der Waals surface area contributed by atoms with Crippen LogP contribution in [0.3, 0.4) is 0 Å². The lowest BCUT2D eigenvalue weighted by Gasteiger charge is -2.12. The Bertz CT molecular complexity index is 831. The normalized spacial score (nSPS) is 15.8. The van der Waals surface area contributed by atoms with E-state index in [-0.39, 0.29) is 5.41 Å². The number of aromatic amines is 1. The lowest BCUT2D eigenvalue weighted by molar-refractivity contribution is 0.757. The molecule has 3 aromatic rings. The summed E-state index contributed by atoms with van der Waals surface area (Å²) in [7, 11) is 0. The molecular formula is C15H16N6S. The fraction of sp³-hybridized carbons (Fsp3) is 0.267. The standard InChI is InChI=1S/C15H16N6S/c16-7-15(2-3-15)8-18-10-6-13(17)20-11-5-12(22-14(10)11)9-1-4-19-21-9/h1,4-7,16H,2-3,8H2,(H,19,21)(H3,17,18,20). The van der Waals surface area contributed by atoms with Gasteiger partial charge in [0.1, 0.15) is 5.82 Å². The lowest BCUT2D eigenvalue weighted by atomic mass is 10.1. The predicted molar refractivity (Wildman–Crippen MR) is 90.6 cm³/mol. The van der Waals surface area contributed by atoms with Gasteiger partial charge in [0.15, 0.2) is 0 Å². The lowest BCUT2D eigenvalue weighted by Crippen LogP contribution is -2.16. The number of H-pyrrole nitrogens is 1. The summed E-state index contributed by atoms with van der Waals surface area (Å²) in [5, 5.41) is 17.9. The van der Waals surface area contributed by atoms with Crippen molar-refractivity contribution in [3.05, 3.63) is 24.4 Å². The molecule has 0 spiro atoms. The molecule has 0 aliphatic heterocycles. The van der Waals surface area contributed by atoms with Gasteiger partial charge in [-0.2, -0.15) is 5.10 Å². The third-order valence-corrected chi connectivity index (χ3v) is 5.29. The molecule has 0 saturated heterocycles. The molecule has 3 heterocycles. The van der Waals surface area contributed by atoms with Gasteiger partial charge in [-0.1, -0.05) is 0 Å². The average Bonchev–Trinajstić information content (AvgIpc) is 2.92. The molecule has 0 unspecified atom stereocenters. The Labute approximate surface area is 131 Å². The van der Waals surface area contributed by atoms with Crippen molar-refractivity contribution in [3.63, 3.8) is 0 Å². The molecule has 1 aliphatic rings. The van der Waals surface area contributed by atoms with Gasteiger partial charge in [0, 0.05) is 30.4 Å². The molecule has 1 aliphatic carbocycles. The minimum Gasteiger partial charge on any atom is -0.384 e. The van der Waals surface area contributed by atoms with Crippen LogP contribution in [0, 0.1) is 10.8 Å². The van der Waals surface area contributed by atoms with Gasteiger partial charge in [-0.3, -0.25) is 5.10 Å². The van der Waals surface area contributed by atoms with Crippen LogP contribution < -0.4 is 11.1 Å². The van der Waals surface area contributed by atoms with Crippen molar-refractivity contribution in [2.24, 2.45) is 5.41 Å². The Morgan fingerprint density at radius 1 is 1.45 bits per heavy atom. The van der Waals surface area contributed by atoms with E-state index in [2.05, 4.69) is 20.5 Å². The van der Waals surface area contributed by atoms with E-state index in [4.69, 9.17) is 11.1 Å². The number of aromatic nitrogens is 3. The van der Waals surface area contributed by atoms with E-state index in [1.165, 1.54) is 0 Å². The summed E-state index contributed by atoms with van der Waals surface area (Å²) in [6.45, 7) is 0.770. The number of fused-ring (bicyclic) bond motifs is 1. The fourth-order valence-electron chi connectivity index (χ4n) is 2.50. The number of hydrogen-bond donors (Lipinski definition) is 4. The van der Waals surface area contributed by atoms with Crippen LogP contribution in [0.5, 0.6) is 0 Å². The van der Waals surface area contributed by atoms with Crippen LogP contribution in [0.1, 0.15) is 12.8 Å². The topological polar surface area (TPSA) is 103 Å². The number of nitrogens with two attached hydrogens (primary N) is 1. The molecule has 0 bridgehead atoms. The van der Waals surface area contributed by atoms with Gasteiger partial charge in [0.25, 0.3) is 0 Å². The Hall–Kier alpha value is -2.41. The molecular weight excluding hydrogens is 296 g/mol. The maximum absolute atomic E-state index is 7.53. The van der Waals surface area contributed by atoms with Crippen LogP contribution >= 0.6 is 11.3 Å². The molecule has 0 radical (unpaired) electrons. The minimum atomic E-state index is 0.0355. The Morgan fingerprint density at radius 2 is 2.32 bits per heavy atom. The highest BCUT2D eigenvalue weighted by Gasteiger charge is 2.40. The number of nitrogen functional groups attached to an aromatic ring is 1. The van der Waals surface area contributed by atoms with E-state index in [0.717, 1.165) is 45.9 Å². The van der Waals surface area contributed by atoms with E-state index in [1.54, 1.807) is 23.7 Å². The number of pyridine rings is 1. The van der Waals surface area contributed by atoms with Gasteiger partial charge in [-0.25, -0.2) is 4.98 Å². The highest BCUT2D eigenvalue weighted by atomic mass is 32.1. The van der Waals surface area contributed by atoms with Gasteiger partial charge in [-0.15, -0.1) is 11.3 Å². The molecule has 0 amide bonds. The second kappa shape index (κ2) is 4.81. The molecule has 0 aromatic carbocycles. The third kappa shape index (κ3) is 2.23. The first-order chi connectivity index (χ1) is 10.7. The van der Waals surface area contributed by atoms with Gasteiger partial charge < -0.3 is 16.5 Å². The molecule has 0 atom stereocenters. The summed E-state index contributed by atoms with van der Waals surface area (Å²) in [4.78, 5) is 5.50. The van der Waals surface area contributed by atoms with Crippen molar-refractivity contribution in [3.8, 4) is 10.6 Å². The van der Waals surface area contributed by atoms with E-state index in [1.807, 2.05) is 18.2 Å². The molecule has 3 aromatic heterocycles. The van der Waals surface area contributed by atoms with Gasteiger partial charge in [0.2, 0.25) is 0 Å². The van der Waals surface area contributed by atoms with E-state index in [9.17, 15) is 0 Å².